The SMILES string of the molecule is CCCC1=CC=C(/C=C/C2CCC(C3CCC(C4CCC(CCC)CC4)CC3)CC2)C(F)(F)C1(F)F. The van der Waals surface area contributed by atoms with Crippen molar-refractivity contribution in [2.45, 2.75) is 128 Å². The normalized spacial score (nSPS) is 36.9. The maximum atomic E-state index is 14.6. The van der Waals surface area contributed by atoms with Gasteiger partial charge in [0.05, 0.1) is 0 Å². The second-order valence-electron chi connectivity index (χ2n) is 12.5. The highest BCUT2D eigenvalue weighted by Crippen LogP contribution is 2.50. The lowest BCUT2D eigenvalue weighted by Crippen LogP contribution is -2.44. The first-order chi connectivity index (χ1) is 17.3. The zero-order chi connectivity index (χ0) is 25.8. The smallest absolute Gasteiger partial charge is 0.194 e. The summed E-state index contributed by atoms with van der Waals surface area (Å²) in [6.45, 7) is 4.04. The second kappa shape index (κ2) is 12.2. The topological polar surface area (TPSA) is 0 Å². The molecule has 0 aromatic heterocycles. The van der Waals surface area contributed by atoms with E-state index in [9.17, 15) is 17.6 Å². The van der Waals surface area contributed by atoms with E-state index in [-0.39, 0.29) is 12.3 Å². The summed E-state index contributed by atoms with van der Waals surface area (Å²) in [5.41, 5.74) is -0.997. The fourth-order valence-electron chi connectivity index (χ4n) is 7.95. The standard InChI is InChI=1S/C32H48F4/c1-3-5-23-7-12-25(13-8-23)27-16-18-28(19-17-27)26-14-9-24(10-15-26)11-20-30-22-21-29(6-4-2)31(33,34)32(30,35)36/h11,20-28H,3-10,12-19H2,1-2H3/b20-11+. The van der Waals surface area contributed by atoms with Gasteiger partial charge in [-0.25, -0.2) is 0 Å². The van der Waals surface area contributed by atoms with Crippen LogP contribution in [0.15, 0.2) is 35.5 Å². The third-order valence-corrected chi connectivity index (χ3v) is 10.2. The molecule has 0 saturated heterocycles. The average molecular weight is 509 g/mol. The van der Waals surface area contributed by atoms with Crippen molar-refractivity contribution in [1.82, 2.24) is 0 Å². The van der Waals surface area contributed by atoms with E-state index in [1.807, 2.05) is 0 Å². The first kappa shape index (κ1) is 28.0. The summed E-state index contributed by atoms with van der Waals surface area (Å²) >= 11 is 0. The minimum Gasteiger partial charge on any atom is -0.194 e. The van der Waals surface area contributed by atoms with Crippen LogP contribution in [0.2, 0.25) is 0 Å². The summed E-state index contributed by atoms with van der Waals surface area (Å²) in [7, 11) is 0. The van der Waals surface area contributed by atoms with Gasteiger partial charge in [0, 0.05) is 11.1 Å². The van der Waals surface area contributed by atoms with E-state index >= 15 is 0 Å². The Bertz CT molecular complexity index is 783. The molecule has 0 aromatic rings. The van der Waals surface area contributed by atoms with E-state index in [1.54, 1.807) is 13.0 Å². The van der Waals surface area contributed by atoms with Crippen LogP contribution in [0.1, 0.15) is 117 Å². The zero-order valence-electron chi connectivity index (χ0n) is 22.6. The molecule has 0 unspecified atom stereocenters. The van der Waals surface area contributed by atoms with E-state index < -0.39 is 23.0 Å². The predicted molar refractivity (Wildman–Crippen MR) is 141 cm³/mol. The molecule has 4 heteroatoms. The minimum atomic E-state index is -4.13. The Hall–Kier alpha value is -1.06. The van der Waals surface area contributed by atoms with Gasteiger partial charge in [-0.3, -0.25) is 0 Å². The molecule has 0 bridgehead atoms. The van der Waals surface area contributed by atoms with Gasteiger partial charge < -0.3 is 0 Å². The highest BCUT2D eigenvalue weighted by molar-refractivity contribution is 5.43. The maximum absolute atomic E-state index is 14.6. The van der Waals surface area contributed by atoms with Gasteiger partial charge in [-0.1, -0.05) is 70.3 Å². The highest BCUT2D eigenvalue weighted by Gasteiger charge is 2.60. The van der Waals surface area contributed by atoms with Crippen molar-refractivity contribution < 1.29 is 17.6 Å². The van der Waals surface area contributed by atoms with Gasteiger partial charge in [-0.05, 0) is 106 Å². The van der Waals surface area contributed by atoms with Crippen molar-refractivity contribution in [1.29, 1.82) is 0 Å². The number of hydrogen-bond acceptors (Lipinski definition) is 0. The lowest BCUT2D eigenvalue weighted by atomic mass is 9.65. The van der Waals surface area contributed by atoms with Gasteiger partial charge in [0.15, 0.2) is 0 Å². The summed E-state index contributed by atoms with van der Waals surface area (Å²) in [4.78, 5) is 0. The Morgan fingerprint density at radius 3 is 1.67 bits per heavy atom. The first-order valence-corrected chi connectivity index (χ1v) is 15.1. The van der Waals surface area contributed by atoms with E-state index in [1.165, 1.54) is 82.4 Å². The number of allylic oxidation sites excluding steroid dienone is 6. The summed E-state index contributed by atoms with van der Waals surface area (Å²) in [5, 5.41) is 0. The van der Waals surface area contributed by atoms with E-state index in [0.717, 1.165) is 55.3 Å². The van der Waals surface area contributed by atoms with Crippen LogP contribution in [0.25, 0.3) is 0 Å². The molecule has 0 aromatic carbocycles. The van der Waals surface area contributed by atoms with Crippen LogP contribution < -0.4 is 0 Å². The van der Waals surface area contributed by atoms with Crippen molar-refractivity contribution in [3.63, 3.8) is 0 Å². The van der Waals surface area contributed by atoms with Crippen molar-refractivity contribution >= 4 is 0 Å². The van der Waals surface area contributed by atoms with Crippen LogP contribution in [-0.2, 0) is 0 Å². The maximum Gasteiger partial charge on any atom is 0.339 e. The third kappa shape index (κ3) is 6.15. The summed E-state index contributed by atoms with van der Waals surface area (Å²) in [6.07, 6.45) is 24.3. The molecule has 4 rings (SSSR count). The lowest BCUT2D eigenvalue weighted by molar-refractivity contribution is -0.162. The Balaban J connectivity index is 1.22. The molecule has 4 aliphatic carbocycles. The summed E-state index contributed by atoms with van der Waals surface area (Å²) in [5.74, 6) is -3.52. The van der Waals surface area contributed by atoms with Crippen LogP contribution in [0.5, 0.6) is 0 Å². The van der Waals surface area contributed by atoms with Gasteiger partial charge >= 0.3 is 11.8 Å². The van der Waals surface area contributed by atoms with Crippen LogP contribution in [-0.4, -0.2) is 11.8 Å². The van der Waals surface area contributed by atoms with E-state index in [0.29, 0.717) is 6.42 Å². The number of hydrogen-bond donors (Lipinski definition) is 0. The molecule has 3 saturated carbocycles. The third-order valence-electron chi connectivity index (χ3n) is 10.2. The number of halogens is 4. The Morgan fingerprint density at radius 1 is 0.667 bits per heavy atom. The Labute approximate surface area is 217 Å². The fraction of sp³-hybridized carbons (Fsp3) is 0.812. The molecule has 0 heterocycles. The van der Waals surface area contributed by atoms with Crippen LogP contribution in [0.4, 0.5) is 17.6 Å². The molecule has 0 aliphatic heterocycles. The molecule has 0 spiro atoms. The molecule has 3 fully saturated rings. The lowest BCUT2D eigenvalue weighted by Gasteiger charge is -2.41. The Kier molecular flexibility index (Phi) is 9.48. The molecule has 0 atom stereocenters. The fourth-order valence-corrected chi connectivity index (χ4v) is 7.95. The van der Waals surface area contributed by atoms with Gasteiger partial charge in [-0.15, -0.1) is 0 Å². The van der Waals surface area contributed by atoms with Crippen LogP contribution in [0, 0.1) is 35.5 Å². The van der Waals surface area contributed by atoms with Crippen LogP contribution in [0.3, 0.4) is 0 Å². The number of alkyl halides is 4. The van der Waals surface area contributed by atoms with Crippen molar-refractivity contribution in [3.8, 4) is 0 Å². The van der Waals surface area contributed by atoms with Crippen molar-refractivity contribution in [2.24, 2.45) is 35.5 Å². The van der Waals surface area contributed by atoms with Gasteiger partial charge in [0.1, 0.15) is 0 Å². The predicted octanol–water partition coefficient (Wildman–Crippen LogP) is 10.7. The quantitative estimate of drug-likeness (QED) is 0.286. The van der Waals surface area contributed by atoms with Gasteiger partial charge in [0.2, 0.25) is 0 Å². The molecule has 0 N–H and O–H groups in total. The molecule has 0 amide bonds. The average Bonchev–Trinajstić information content (AvgIpc) is 2.88. The highest BCUT2D eigenvalue weighted by atomic mass is 19.3. The molecule has 36 heavy (non-hydrogen) atoms. The molecule has 0 nitrogen and oxygen atoms in total. The molecule has 0 radical (unpaired) electrons. The van der Waals surface area contributed by atoms with Gasteiger partial charge in [0.25, 0.3) is 0 Å². The minimum absolute atomic E-state index is 0.00207. The second-order valence-corrected chi connectivity index (χ2v) is 12.5. The Morgan fingerprint density at radius 2 is 1.17 bits per heavy atom. The largest absolute Gasteiger partial charge is 0.339 e. The molecular weight excluding hydrogens is 460 g/mol. The van der Waals surface area contributed by atoms with Crippen molar-refractivity contribution in [2.75, 3.05) is 0 Å². The molecule has 204 valence electrons. The van der Waals surface area contributed by atoms with Gasteiger partial charge in [-0.2, -0.15) is 17.6 Å². The van der Waals surface area contributed by atoms with E-state index in [2.05, 4.69) is 6.92 Å². The monoisotopic (exact) mass is 508 g/mol. The summed E-state index contributed by atoms with van der Waals surface area (Å²) < 4.78 is 58.0. The van der Waals surface area contributed by atoms with Crippen LogP contribution >= 0.6 is 0 Å². The molecular formula is C32H48F4. The molecule has 4 aliphatic rings. The summed E-state index contributed by atoms with van der Waals surface area (Å²) in [6, 6.07) is 0. The zero-order valence-corrected chi connectivity index (χ0v) is 22.6. The van der Waals surface area contributed by atoms with E-state index in [4.69, 9.17) is 0 Å². The first-order valence-electron chi connectivity index (χ1n) is 15.1. The van der Waals surface area contributed by atoms with Crippen molar-refractivity contribution in [3.05, 3.63) is 35.5 Å². The number of rotatable bonds is 8.